The van der Waals surface area contributed by atoms with Gasteiger partial charge in [0.25, 0.3) is 0 Å². The minimum Gasteiger partial charge on any atom is -0.375 e. The molecule has 8 nitrogen and oxygen atoms in total. The first kappa shape index (κ1) is 16.3. The highest BCUT2D eigenvalue weighted by atomic mass is 16.5. The zero-order chi connectivity index (χ0) is 16.8. The van der Waals surface area contributed by atoms with Crippen LogP contribution in [0.1, 0.15) is 24.5 Å². The number of piperidine rings is 1. The lowest BCUT2D eigenvalue weighted by Gasteiger charge is -2.32. The van der Waals surface area contributed by atoms with Crippen molar-refractivity contribution in [2.75, 3.05) is 32.1 Å². The summed E-state index contributed by atoms with van der Waals surface area (Å²) >= 11 is 0. The van der Waals surface area contributed by atoms with Crippen molar-refractivity contribution >= 4 is 17.8 Å². The Hall–Kier alpha value is -2.61. The number of carbonyl (C=O) groups excluding carboxylic acids is 1. The molecular formula is C16H20N6O2. The molecule has 0 aromatic carbocycles. The Bertz CT molecular complexity index is 681. The highest BCUT2D eigenvalue weighted by molar-refractivity contribution is 5.77. The molecule has 0 unspecified atom stereocenters. The number of hydrogen-bond acceptors (Lipinski definition) is 7. The summed E-state index contributed by atoms with van der Waals surface area (Å²) in [5.74, 6) is 1.13. The Morgan fingerprint density at radius 1 is 1.29 bits per heavy atom. The van der Waals surface area contributed by atoms with Crippen LogP contribution in [0.3, 0.4) is 0 Å². The van der Waals surface area contributed by atoms with E-state index < -0.39 is 0 Å². The summed E-state index contributed by atoms with van der Waals surface area (Å²) in [7, 11) is 1.54. The molecule has 1 saturated heterocycles. The zero-order valence-corrected chi connectivity index (χ0v) is 13.6. The molecule has 3 heterocycles. The molecule has 3 rings (SSSR count). The van der Waals surface area contributed by atoms with Crippen molar-refractivity contribution in [2.45, 2.75) is 18.8 Å². The van der Waals surface area contributed by atoms with Crippen LogP contribution in [0.4, 0.5) is 11.9 Å². The van der Waals surface area contributed by atoms with Crippen molar-refractivity contribution in [2.24, 2.45) is 0 Å². The largest absolute Gasteiger partial charge is 0.375 e. The maximum atomic E-state index is 12.0. The van der Waals surface area contributed by atoms with E-state index in [1.165, 1.54) is 7.11 Å². The van der Waals surface area contributed by atoms with Crippen molar-refractivity contribution in [3.63, 3.8) is 0 Å². The lowest BCUT2D eigenvalue weighted by atomic mass is 9.94. The summed E-state index contributed by atoms with van der Waals surface area (Å²) in [5, 5.41) is 2.99. The van der Waals surface area contributed by atoms with E-state index in [-0.39, 0.29) is 18.4 Å². The van der Waals surface area contributed by atoms with Crippen molar-refractivity contribution in [3.05, 3.63) is 36.4 Å². The number of hydrogen-bond donors (Lipinski definition) is 1. The molecule has 0 aliphatic carbocycles. The Morgan fingerprint density at radius 2 is 2.08 bits per heavy atom. The highest BCUT2D eigenvalue weighted by Crippen LogP contribution is 2.26. The molecule has 2 aromatic heterocycles. The minimum absolute atomic E-state index is 0.0206. The second-order valence-electron chi connectivity index (χ2n) is 5.61. The van der Waals surface area contributed by atoms with Crippen LogP contribution in [0, 0.1) is 0 Å². The van der Waals surface area contributed by atoms with Crippen LogP contribution in [0.5, 0.6) is 0 Å². The fourth-order valence-electron chi connectivity index (χ4n) is 2.78. The van der Waals surface area contributed by atoms with Crippen LogP contribution in [-0.2, 0) is 9.53 Å². The minimum atomic E-state index is 0.0206. The summed E-state index contributed by atoms with van der Waals surface area (Å²) < 4.78 is 4.94. The zero-order valence-electron chi connectivity index (χ0n) is 13.6. The van der Waals surface area contributed by atoms with Crippen LogP contribution in [0.25, 0.3) is 0 Å². The van der Waals surface area contributed by atoms with E-state index >= 15 is 0 Å². The third-order valence-corrected chi connectivity index (χ3v) is 3.93. The maximum absolute atomic E-state index is 12.0. The number of nitrogens with zero attached hydrogens (tertiary/aromatic N) is 5. The van der Waals surface area contributed by atoms with Gasteiger partial charge in [-0.2, -0.15) is 0 Å². The Labute approximate surface area is 140 Å². The fourth-order valence-corrected chi connectivity index (χ4v) is 2.78. The summed E-state index contributed by atoms with van der Waals surface area (Å²) in [4.78, 5) is 30.8. The van der Waals surface area contributed by atoms with Gasteiger partial charge in [0.05, 0.1) is 5.69 Å². The average Bonchev–Trinajstić information content (AvgIpc) is 2.63. The van der Waals surface area contributed by atoms with E-state index in [9.17, 15) is 4.79 Å². The SMILES string of the molecule is COCC(=O)N1CCC[C@H](c2ccnc(Nc3ncccn3)n2)C1. The summed E-state index contributed by atoms with van der Waals surface area (Å²) in [6.45, 7) is 1.54. The predicted molar refractivity (Wildman–Crippen MR) is 87.8 cm³/mol. The van der Waals surface area contributed by atoms with Gasteiger partial charge in [-0.25, -0.2) is 19.9 Å². The normalized spacial score (nSPS) is 17.5. The number of ether oxygens (including phenoxy) is 1. The van der Waals surface area contributed by atoms with Crippen molar-refractivity contribution in [3.8, 4) is 0 Å². The molecule has 1 aliphatic heterocycles. The van der Waals surface area contributed by atoms with Gasteiger partial charge in [0.1, 0.15) is 6.61 Å². The van der Waals surface area contributed by atoms with Gasteiger partial charge in [-0.15, -0.1) is 0 Å². The van der Waals surface area contributed by atoms with Crippen LogP contribution in [0.2, 0.25) is 0 Å². The van der Waals surface area contributed by atoms with Gasteiger partial charge in [0.2, 0.25) is 17.8 Å². The van der Waals surface area contributed by atoms with E-state index in [0.29, 0.717) is 18.4 Å². The first-order valence-corrected chi connectivity index (χ1v) is 7.90. The van der Waals surface area contributed by atoms with Gasteiger partial charge < -0.3 is 9.64 Å². The Morgan fingerprint density at radius 3 is 2.88 bits per heavy atom. The highest BCUT2D eigenvalue weighted by Gasteiger charge is 2.25. The molecule has 0 saturated carbocycles. The first-order chi connectivity index (χ1) is 11.8. The van der Waals surface area contributed by atoms with Gasteiger partial charge in [-0.3, -0.25) is 10.1 Å². The van der Waals surface area contributed by atoms with Crippen LogP contribution in [0.15, 0.2) is 30.7 Å². The molecule has 0 bridgehead atoms. The second kappa shape index (κ2) is 7.78. The van der Waals surface area contributed by atoms with Crippen LogP contribution in [-0.4, -0.2) is 57.5 Å². The number of aromatic nitrogens is 4. The van der Waals surface area contributed by atoms with Gasteiger partial charge in [0, 0.05) is 44.7 Å². The predicted octanol–water partition coefficient (Wildman–Crippen LogP) is 1.36. The van der Waals surface area contributed by atoms with Gasteiger partial charge in [-0.05, 0) is 25.0 Å². The van der Waals surface area contributed by atoms with E-state index in [1.807, 2.05) is 11.0 Å². The number of amides is 1. The fraction of sp³-hybridized carbons (Fsp3) is 0.438. The molecule has 1 atom stereocenters. The smallest absolute Gasteiger partial charge is 0.248 e. The van der Waals surface area contributed by atoms with Gasteiger partial charge in [-0.1, -0.05) is 0 Å². The third kappa shape index (κ3) is 4.02. The molecule has 126 valence electrons. The quantitative estimate of drug-likeness (QED) is 0.885. The topological polar surface area (TPSA) is 93.1 Å². The number of rotatable bonds is 5. The number of nitrogens with one attached hydrogen (secondary N) is 1. The van der Waals surface area contributed by atoms with E-state index in [1.54, 1.807) is 24.7 Å². The third-order valence-electron chi connectivity index (χ3n) is 3.93. The molecule has 24 heavy (non-hydrogen) atoms. The van der Waals surface area contributed by atoms with Crippen molar-refractivity contribution in [1.29, 1.82) is 0 Å². The van der Waals surface area contributed by atoms with E-state index in [0.717, 1.165) is 25.1 Å². The lowest BCUT2D eigenvalue weighted by Crippen LogP contribution is -2.41. The second-order valence-corrected chi connectivity index (χ2v) is 5.61. The van der Waals surface area contributed by atoms with E-state index in [4.69, 9.17) is 4.74 Å². The number of likely N-dealkylation sites (tertiary alicyclic amines) is 1. The molecule has 1 fully saturated rings. The van der Waals surface area contributed by atoms with E-state index in [2.05, 4.69) is 25.3 Å². The molecule has 0 spiro atoms. The van der Waals surface area contributed by atoms with Gasteiger partial charge in [0.15, 0.2) is 0 Å². The molecule has 2 aromatic rings. The van der Waals surface area contributed by atoms with Crippen LogP contribution >= 0.6 is 0 Å². The monoisotopic (exact) mass is 328 g/mol. The maximum Gasteiger partial charge on any atom is 0.248 e. The summed E-state index contributed by atoms with van der Waals surface area (Å²) in [6.07, 6.45) is 6.96. The molecule has 1 amide bonds. The summed E-state index contributed by atoms with van der Waals surface area (Å²) in [6, 6.07) is 3.64. The number of carbonyl (C=O) groups is 1. The average molecular weight is 328 g/mol. The van der Waals surface area contributed by atoms with Gasteiger partial charge >= 0.3 is 0 Å². The standard InChI is InChI=1S/C16H20N6O2/c1-24-11-14(23)22-9-2-4-12(10-22)13-5-8-19-16(20-13)21-15-17-6-3-7-18-15/h3,5-8,12H,2,4,9-11H2,1H3,(H,17,18,19,20,21)/t12-/m0/s1. The number of anilines is 2. The molecule has 0 radical (unpaired) electrons. The first-order valence-electron chi connectivity index (χ1n) is 7.90. The van der Waals surface area contributed by atoms with Crippen molar-refractivity contribution < 1.29 is 9.53 Å². The van der Waals surface area contributed by atoms with Crippen LogP contribution < -0.4 is 5.32 Å². The Balaban J connectivity index is 1.70. The molecule has 8 heteroatoms. The molecular weight excluding hydrogens is 308 g/mol. The molecule has 1 N–H and O–H groups in total. The lowest BCUT2D eigenvalue weighted by molar-refractivity contribution is -0.136. The Kier molecular flexibility index (Phi) is 5.27. The van der Waals surface area contributed by atoms with Crippen molar-refractivity contribution in [1.82, 2.24) is 24.8 Å². The number of methoxy groups -OCH3 is 1. The summed E-state index contributed by atoms with van der Waals surface area (Å²) in [5.41, 5.74) is 0.915. The molecule has 1 aliphatic rings.